The van der Waals surface area contributed by atoms with Crippen molar-refractivity contribution in [1.82, 2.24) is 9.80 Å². The Labute approximate surface area is 187 Å². The molecular weight excluding hydrogens is 374 g/mol. The minimum atomic E-state index is -0.209. The highest BCUT2D eigenvalue weighted by Gasteiger charge is 2.30. The van der Waals surface area contributed by atoms with E-state index in [1.807, 2.05) is 4.90 Å². The lowest BCUT2D eigenvalue weighted by atomic mass is 9.75. The molecule has 0 atom stereocenters. The van der Waals surface area contributed by atoms with Gasteiger partial charge in [0.1, 0.15) is 0 Å². The highest BCUT2D eigenvalue weighted by molar-refractivity contribution is 5.87. The number of amides is 2. The van der Waals surface area contributed by atoms with Crippen molar-refractivity contribution in [3.63, 3.8) is 0 Å². The van der Waals surface area contributed by atoms with Gasteiger partial charge in [-0.15, -0.1) is 0 Å². The van der Waals surface area contributed by atoms with Crippen LogP contribution in [0, 0.1) is 22.7 Å². The highest BCUT2D eigenvalue weighted by atomic mass is 16.2. The summed E-state index contributed by atoms with van der Waals surface area (Å²) in [5.74, 6) is 1.40. The maximum absolute atomic E-state index is 11.3. The quantitative estimate of drug-likeness (QED) is 0.650. The number of nitrogens with zero attached hydrogens (tertiary/aromatic N) is 2. The van der Waals surface area contributed by atoms with E-state index in [0.29, 0.717) is 17.4 Å². The minimum absolute atomic E-state index is 0. The molecule has 0 spiro atoms. The van der Waals surface area contributed by atoms with E-state index in [4.69, 9.17) is 5.73 Å². The van der Waals surface area contributed by atoms with E-state index in [0.717, 1.165) is 50.9 Å². The molecule has 2 N–H and O–H groups in total. The molecule has 2 aliphatic rings. The molecule has 0 saturated carbocycles. The number of hydrogen-bond acceptors (Lipinski definition) is 3. The van der Waals surface area contributed by atoms with Crippen molar-refractivity contribution in [3.8, 4) is 0 Å². The first kappa shape index (κ1) is 30.8. The fourth-order valence-electron chi connectivity index (χ4n) is 4.27. The summed E-state index contributed by atoms with van der Waals surface area (Å²) in [5.41, 5.74) is 5.94. The number of nitrogens with two attached hydrogens (primary N) is 1. The summed E-state index contributed by atoms with van der Waals surface area (Å²) in [6, 6.07) is 0. The van der Waals surface area contributed by atoms with Gasteiger partial charge in [0.15, 0.2) is 0 Å². The zero-order chi connectivity index (χ0) is 21.5. The van der Waals surface area contributed by atoms with Gasteiger partial charge in [0.05, 0.1) is 6.54 Å². The van der Waals surface area contributed by atoms with Gasteiger partial charge in [-0.2, -0.15) is 0 Å². The van der Waals surface area contributed by atoms with Crippen molar-refractivity contribution >= 4 is 11.8 Å². The molecule has 0 bridgehead atoms. The average molecular weight is 426 g/mol. The molecule has 0 aromatic heterocycles. The molecule has 5 nitrogen and oxygen atoms in total. The number of hydrogen-bond donors (Lipinski definition) is 1. The molecule has 5 heteroatoms. The van der Waals surface area contributed by atoms with Gasteiger partial charge in [-0.3, -0.25) is 14.5 Å². The number of carbonyl (C=O) groups is 2. The lowest BCUT2D eigenvalue weighted by Crippen LogP contribution is -2.42. The predicted molar refractivity (Wildman–Crippen MR) is 130 cm³/mol. The topological polar surface area (TPSA) is 66.6 Å². The van der Waals surface area contributed by atoms with Gasteiger partial charge in [0.25, 0.3) is 0 Å². The number of carbonyl (C=O) groups excluding carboxylic acids is 2. The smallest absolute Gasteiger partial charge is 0.245 e. The van der Waals surface area contributed by atoms with E-state index in [9.17, 15) is 9.59 Å². The zero-order valence-corrected chi connectivity index (χ0v) is 19.1. The summed E-state index contributed by atoms with van der Waals surface area (Å²) in [6.07, 6.45) is 6.05. The summed E-state index contributed by atoms with van der Waals surface area (Å²) in [6.45, 7) is 21.5. The van der Waals surface area contributed by atoms with E-state index in [2.05, 4.69) is 53.0 Å². The van der Waals surface area contributed by atoms with Crippen LogP contribution in [-0.4, -0.2) is 54.3 Å². The Morgan fingerprint density at radius 2 is 1.23 bits per heavy atom. The minimum Gasteiger partial charge on any atom is -0.369 e. The molecule has 2 saturated heterocycles. The Morgan fingerprint density at radius 3 is 1.53 bits per heavy atom. The zero-order valence-electron chi connectivity index (χ0n) is 19.1. The Bertz CT molecular complexity index is 515. The van der Waals surface area contributed by atoms with E-state index >= 15 is 0 Å². The van der Waals surface area contributed by atoms with Crippen LogP contribution >= 0.6 is 0 Å². The van der Waals surface area contributed by atoms with Crippen LogP contribution < -0.4 is 5.73 Å². The maximum Gasteiger partial charge on any atom is 0.245 e. The first-order valence-corrected chi connectivity index (χ1v) is 10.8. The van der Waals surface area contributed by atoms with Crippen LogP contribution in [0.3, 0.4) is 0 Å². The second-order valence-corrected chi connectivity index (χ2v) is 10.6. The molecule has 2 heterocycles. The van der Waals surface area contributed by atoms with Crippen LogP contribution in [0.25, 0.3) is 0 Å². The summed E-state index contributed by atoms with van der Waals surface area (Å²) in [4.78, 5) is 26.1. The summed E-state index contributed by atoms with van der Waals surface area (Å²) < 4.78 is 0. The first-order chi connectivity index (χ1) is 12.8. The maximum atomic E-state index is 11.3. The summed E-state index contributed by atoms with van der Waals surface area (Å²) in [7, 11) is 0. The predicted octanol–water partition coefficient (Wildman–Crippen LogP) is 4.96. The van der Waals surface area contributed by atoms with Crippen LogP contribution in [0.5, 0.6) is 0 Å². The third-order valence-electron chi connectivity index (χ3n) is 6.40. The molecular formula is C25H51N3O2. The van der Waals surface area contributed by atoms with Gasteiger partial charge < -0.3 is 10.6 Å². The summed E-state index contributed by atoms with van der Waals surface area (Å²) in [5, 5.41) is 0. The Morgan fingerprint density at radius 1 is 0.867 bits per heavy atom. The van der Waals surface area contributed by atoms with Crippen LogP contribution in [0.4, 0.5) is 0 Å². The molecule has 30 heavy (non-hydrogen) atoms. The lowest BCUT2D eigenvalue weighted by molar-refractivity contribution is -0.127. The van der Waals surface area contributed by atoms with Gasteiger partial charge in [-0.25, -0.2) is 0 Å². The van der Waals surface area contributed by atoms with Crippen molar-refractivity contribution < 1.29 is 9.59 Å². The normalized spacial score (nSPS) is 18.9. The van der Waals surface area contributed by atoms with Crippen molar-refractivity contribution in [2.24, 2.45) is 28.4 Å². The molecule has 2 aliphatic heterocycles. The molecule has 0 aromatic rings. The molecule has 0 radical (unpaired) electrons. The Hall–Kier alpha value is -1.36. The van der Waals surface area contributed by atoms with Crippen molar-refractivity contribution in [2.75, 3.05) is 32.7 Å². The Balaban J connectivity index is 0. The fourth-order valence-corrected chi connectivity index (χ4v) is 4.27. The van der Waals surface area contributed by atoms with E-state index in [1.165, 1.54) is 18.9 Å². The van der Waals surface area contributed by atoms with Crippen LogP contribution in [-0.2, 0) is 9.59 Å². The highest BCUT2D eigenvalue weighted by Crippen LogP contribution is 2.35. The van der Waals surface area contributed by atoms with Crippen molar-refractivity contribution in [3.05, 3.63) is 12.7 Å². The monoisotopic (exact) mass is 425 g/mol. The van der Waals surface area contributed by atoms with Gasteiger partial charge in [0, 0.05) is 13.1 Å². The van der Waals surface area contributed by atoms with Gasteiger partial charge in [-0.05, 0) is 67.5 Å². The van der Waals surface area contributed by atoms with Crippen LogP contribution in [0.2, 0.25) is 0 Å². The average Bonchev–Trinajstić information content (AvgIpc) is 2.60. The lowest BCUT2D eigenvalue weighted by Gasteiger charge is -2.38. The second kappa shape index (κ2) is 13.1. The third-order valence-corrected chi connectivity index (χ3v) is 6.40. The Kier molecular flexibility index (Phi) is 13.5. The summed E-state index contributed by atoms with van der Waals surface area (Å²) >= 11 is 0. The molecule has 0 aliphatic carbocycles. The first-order valence-electron chi connectivity index (χ1n) is 10.8. The second-order valence-electron chi connectivity index (χ2n) is 10.6. The molecule has 0 aromatic carbocycles. The third kappa shape index (κ3) is 10.6. The van der Waals surface area contributed by atoms with Gasteiger partial charge in [-0.1, -0.05) is 63.0 Å². The standard InChI is InChI=1S/C12H21NO.C11H22N2O.2CH4/c1-5-11(14)13-8-6-10(7-9-13)12(2,3)4;1-11(2,3)9-4-6-13(7-5-9)8-10(12)14;;/h5,10H,1,6-9H2,2-4H3;9H,4-8H2,1-3H3,(H2,12,14);2*1H4. The van der Waals surface area contributed by atoms with Gasteiger partial charge in [0.2, 0.25) is 11.8 Å². The molecule has 178 valence electrons. The van der Waals surface area contributed by atoms with E-state index < -0.39 is 0 Å². The molecule has 0 unspecified atom stereocenters. The molecule has 2 amide bonds. The number of piperidine rings is 2. The molecule has 2 fully saturated rings. The van der Waals surface area contributed by atoms with Crippen molar-refractivity contribution in [1.29, 1.82) is 0 Å². The number of rotatable bonds is 3. The number of primary amides is 1. The van der Waals surface area contributed by atoms with Crippen LogP contribution in [0.1, 0.15) is 82.1 Å². The van der Waals surface area contributed by atoms with Crippen molar-refractivity contribution in [2.45, 2.75) is 82.1 Å². The SMILES string of the molecule is C.C.C=CC(=O)N1CCC(C(C)(C)C)CC1.CC(C)(C)C1CCN(CC(N)=O)CC1. The van der Waals surface area contributed by atoms with Gasteiger partial charge >= 0.3 is 0 Å². The largest absolute Gasteiger partial charge is 0.369 e. The van der Waals surface area contributed by atoms with E-state index in [1.54, 1.807) is 0 Å². The van der Waals surface area contributed by atoms with E-state index in [-0.39, 0.29) is 26.7 Å². The fraction of sp³-hybridized carbons (Fsp3) is 0.840. The number of likely N-dealkylation sites (tertiary alicyclic amines) is 2. The molecule has 2 rings (SSSR count). The van der Waals surface area contributed by atoms with Crippen LogP contribution in [0.15, 0.2) is 12.7 Å².